The van der Waals surface area contributed by atoms with Crippen molar-refractivity contribution in [3.63, 3.8) is 0 Å². The van der Waals surface area contributed by atoms with Crippen molar-refractivity contribution in [2.24, 2.45) is 4.99 Å². The third-order valence-corrected chi connectivity index (χ3v) is 5.65. The van der Waals surface area contributed by atoms with E-state index < -0.39 is 0 Å². The normalized spacial score (nSPS) is 16.8. The molecule has 1 aliphatic rings. The number of halogens is 1. The number of thiazole rings is 1. The highest BCUT2D eigenvalue weighted by molar-refractivity contribution is 14.0. The molecule has 1 aromatic carbocycles. The molecular formula is C22H33IN4O2S. The summed E-state index contributed by atoms with van der Waals surface area (Å²) in [5.74, 6) is 1.66. The molecular weight excluding hydrogens is 511 g/mol. The summed E-state index contributed by atoms with van der Waals surface area (Å²) in [6.45, 7) is 11.3. The molecule has 1 atom stereocenters. The van der Waals surface area contributed by atoms with Gasteiger partial charge in [0.15, 0.2) is 5.96 Å². The molecule has 1 unspecified atom stereocenters. The van der Waals surface area contributed by atoms with Gasteiger partial charge in [0.1, 0.15) is 16.9 Å². The first-order valence-corrected chi connectivity index (χ1v) is 11.0. The monoisotopic (exact) mass is 544 g/mol. The summed E-state index contributed by atoms with van der Waals surface area (Å²) >= 11 is 1.68. The Morgan fingerprint density at radius 2 is 2.07 bits per heavy atom. The van der Waals surface area contributed by atoms with Crippen LogP contribution in [0.5, 0.6) is 5.75 Å². The molecule has 2 aromatic rings. The van der Waals surface area contributed by atoms with E-state index in [2.05, 4.69) is 66.9 Å². The van der Waals surface area contributed by atoms with Gasteiger partial charge in [0.05, 0.1) is 25.5 Å². The molecule has 0 amide bonds. The average molecular weight is 545 g/mol. The van der Waals surface area contributed by atoms with Gasteiger partial charge in [-0.15, -0.1) is 35.3 Å². The standard InChI is InChI=1S/C22H32N4O2S.HI/c1-15-6-7-16(18(10-15)28-17-8-9-27-13-17)11-24-21(23-5)25-12-20-26-19(14-29-20)22(2,3)4;/h6-7,10,14,17H,8-9,11-13H2,1-5H3,(H2,23,24,25);1H. The van der Waals surface area contributed by atoms with Gasteiger partial charge in [-0.3, -0.25) is 4.99 Å². The second-order valence-corrected chi connectivity index (χ2v) is 9.31. The number of nitrogens with zero attached hydrogens (tertiary/aromatic N) is 2. The van der Waals surface area contributed by atoms with Gasteiger partial charge in [-0.1, -0.05) is 32.9 Å². The summed E-state index contributed by atoms with van der Waals surface area (Å²) in [7, 11) is 1.78. The van der Waals surface area contributed by atoms with Crippen molar-refractivity contribution < 1.29 is 9.47 Å². The molecule has 0 radical (unpaired) electrons. The van der Waals surface area contributed by atoms with Crippen molar-refractivity contribution in [3.05, 3.63) is 45.4 Å². The Balaban J connectivity index is 0.00000320. The SMILES string of the molecule is CN=C(NCc1nc(C(C)(C)C)cs1)NCc1ccc(C)cc1OC1CCOC1.I. The molecule has 2 heterocycles. The number of rotatable bonds is 6. The molecule has 1 aliphatic heterocycles. The van der Waals surface area contributed by atoms with Crippen LogP contribution in [0, 0.1) is 6.92 Å². The minimum Gasteiger partial charge on any atom is -0.488 e. The second kappa shape index (κ2) is 11.3. The van der Waals surface area contributed by atoms with Gasteiger partial charge in [-0.2, -0.15) is 0 Å². The van der Waals surface area contributed by atoms with Crippen LogP contribution >= 0.6 is 35.3 Å². The third kappa shape index (κ3) is 7.09. The third-order valence-electron chi connectivity index (χ3n) is 4.80. The lowest BCUT2D eigenvalue weighted by atomic mass is 9.93. The summed E-state index contributed by atoms with van der Waals surface area (Å²) < 4.78 is 11.6. The second-order valence-electron chi connectivity index (χ2n) is 8.37. The molecule has 30 heavy (non-hydrogen) atoms. The fraction of sp³-hybridized carbons (Fsp3) is 0.545. The molecule has 166 valence electrons. The Morgan fingerprint density at radius 3 is 2.70 bits per heavy atom. The number of hydrogen-bond donors (Lipinski definition) is 2. The van der Waals surface area contributed by atoms with Crippen LogP contribution in [0.15, 0.2) is 28.6 Å². The van der Waals surface area contributed by atoms with Gasteiger partial charge in [0.2, 0.25) is 0 Å². The lowest BCUT2D eigenvalue weighted by Crippen LogP contribution is -2.36. The Morgan fingerprint density at radius 1 is 1.30 bits per heavy atom. The van der Waals surface area contributed by atoms with Crippen LogP contribution in [-0.2, 0) is 23.2 Å². The van der Waals surface area contributed by atoms with Gasteiger partial charge in [0.25, 0.3) is 0 Å². The van der Waals surface area contributed by atoms with Crippen molar-refractivity contribution >= 4 is 41.3 Å². The Labute approximate surface area is 200 Å². The minimum atomic E-state index is 0. The molecule has 1 saturated heterocycles. The highest BCUT2D eigenvalue weighted by atomic mass is 127. The van der Waals surface area contributed by atoms with Crippen LogP contribution in [0.4, 0.5) is 0 Å². The van der Waals surface area contributed by atoms with E-state index >= 15 is 0 Å². The molecule has 8 heteroatoms. The van der Waals surface area contributed by atoms with Gasteiger partial charge in [0, 0.05) is 36.4 Å². The number of aryl methyl sites for hydroxylation is 1. The molecule has 0 saturated carbocycles. The van der Waals surface area contributed by atoms with E-state index in [0.717, 1.165) is 41.0 Å². The summed E-state index contributed by atoms with van der Waals surface area (Å²) in [4.78, 5) is 9.06. The van der Waals surface area contributed by atoms with Crippen LogP contribution in [0.1, 0.15) is 49.0 Å². The van der Waals surface area contributed by atoms with Crippen molar-refractivity contribution in [2.45, 2.75) is 58.7 Å². The molecule has 0 spiro atoms. The van der Waals surface area contributed by atoms with E-state index in [1.54, 1.807) is 18.4 Å². The zero-order valence-corrected chi connectivity index (χ0v) is 21.6. The Bertz CT molecular complexity index is 842. The van der Waals surface area contributed by atoms with E-state index in [-0.39, 0.29) is 35.5 Å². The predicted octanol–water partition coefficient (Wildman–Crippen LogP) is 4.40. The average Bonchev–Trinajstić information content (AvgIpc) is 3.35. The quantitative estimate of drug-likeness (QED) is 0.321. The first kappa shape index (κ1) is 24.9. The number of aliphatic imine (C=N–C) groups is 1. The fourth-order valence-corrected chi connectivity index (χ4v) is 3.96. The molecule has 1 aromatic heterocycles. The Kier molecular flexibility index (Phi) is 9.36. The molecule has 1 fully saturated rings. The van der Waals surface area contributed by atoms with Crippen LogP contribution in [0.2, 0.25) is 0 Å². The first-order valence-electron chi connectivity index (χ1n) is 10.1. The van der Waals surface area contributed by atoms with E-state index in [4.69, 9.17) is 14.5 Å². The number of nitrogens with one attached hydrogen (secondary N) is 2. The highest BCUT2D eigenvalue weighted by Gasteiger charge is 2.19. The topological polar surface area (TPSA) is 67.8 Å². The van der Waals surface area contributed by atoms with Crippen molar-refractivity contribution in [2.75, 3.05) is 20.3 Å². The van der Waals surface area contributed by atoms with Crippen LogP contribution in [0.3, 0.4) is 0 Å². The maximum atomic E-state index is 6.18. The summed E-state index contributed by atoms with van der Waals surface area (Å²) in [5, 5.41) is 9.92. The minimum absolute atomic E-state index is 0. The van der Waals surface area contributed by atoms with Crippen molar-refractivity contribution in [3.8, 4) is 5.75 Å². The largest absolute Gasteiger partial charge is 0.488 e. The zero-order chi connectivity index (χ0) is 20.9. The maximum Gasteiger partial charge on any atom is 0.191 e. The van der Waals surface area contributed by atoms with Crippen LogP contribution in [-0.4, -0.2) is 37.3 Å². The summed E-state index contributed by atoms with van der Waals surface area (Å²) in [6, 6.07) is 6.31. The van der Waals surface area contributed by atoms with Gasteiger partial charge in [-0.05, 0) is 18.6 Å². The summed E-state index contributed by atoms with van der Waals surface area (Å²) in [6.07, 6.45) is 1.07. The maximum absolute atomic E-state index is 6.18. The van der Waals surface area contributed by atoms with Crippen LogP contribution in [0.25, 0.3) is 0 Å². The molecule has 2 N–H and O–H groups in total. The van der Waals surface area contributed by atoms with Gasteiger partial charge >= 0.3 is 0 Å². The predicted molar refractivity (Wildman–Crippen MR) is 134 cm³/mol. The lowest BCUT2D eigenvalue weighted by Gasteiger charge is -2.18. The lowest BCUT2D eigenvalue weighted by molar-refractivity contribution is 0.140. The molecule has 6 nitrogen and oxygen atoms in total. The molecule has 0 aliphatic carbocycles. The number of ether oxygens (including phenoxy) is 2. The Hall–Kier alpha value is -1.39. The van der Waals surface area contributed by atoms with E-state index in [0.29, 0.717) is 19.7 Å². The molecule has 3 rings (SSSR count). The number of benzene rings is 1. The first-order chi connectivity index (χ1) is 13.8. The van der Waals surface area contributed by atoms with E-state index in [1.807, 2.05) is 0 Å². The van der Waals surface area contributed by atoms with E-state index in [9.17, 15) is 0 Å². The van der Waals surface area contributed by atoms with E-state index in [1.165, 1.54) is 5.56 Å². The number of guanidine groups is 1. The van der Waals surface area contributed by atoms with Crippen molar-refractivity contribution in [1.29, 1.82) is 0 Å². The highest BCUT2D eigenvalue weighted by Crippen LogP contribution is 2.25. The fourth-order valence-electron chi connectivity index (χ4n) is 3.00. The zero-order valence-electron chi connectivity index (χ0n) is 18.4. The summed E-state index contributed by atoms with van der Waals surface area (Å²) in [5.41, 5.74) is 3.49. The molecule has 0 bridgehead atoms. The van der Waals surface area contributed by atoms with Gasteiger partial charge < -0.3 is 20.1 Å². The van der Waals surface area contributed by atoms with Crippen LogP contribution < -0.4 is 15.4 Å². The number of aromatic nitrogens is 1. The van der Waals surface area contributed by atoms with Gasteiger partial charge in [-0.25, -0.2) is 4.98 Å². The number of hydrogen-bond acceptors (Lipinski definition) is 5. The van der Waals surface area contributed by atoms with Crippen molar-refractivity contribution in [1.82, 2.24) is 15.6 Å². The smallest absolute Gasteiger partial charge is 0.191 e.